The first-order valence-electron chi connectivity index (χ1n) is 7.19. The summed E-state index contributed by atoms with van der Waals surface area (Å²) < 4.78 is 11.8. The van der Waals surface area contributed by atoms with Crippen LogP contribution in [0.1, 0.15) is 20.3 Å². The second-order valence-electron chi connectivity index (χ2n) is 6.02. The van der Waals surface area contributed by atoms with Gasteiger partial charge >= 0.3 is 0 Å². The van der Waals surface area contributed by atoms with Crippen molar-refractivity contribution in [1.29, 1.82) is 0 Å². The topological polar surface area (TPSA) is 18.5 Å². The molecule has 0 radical (unpaired) electrons. The highest BCUT2D eigenvalue weighted by atomic mass is 79.9. The zero-order valence-electron chi connectivity index (χ0n) is 12.3. The number of alkyl halides is 1. The van der Waals surface area contributed by atoms with Crippen LogP contribution in [0.15, 0.2) is 54.6 Å². The quantitative estimate of drug-likeness (QED) is 0.688. The summed E-state index contributed by atoms with van der Waals surface area (Å²) in [4.78, 5) is 0.538. The molecule has 1 aliphatic rings. The number of rotatable bonds is 4. The maximum Gasteiger partial charge on any atom is 0.127 e. The lowest BCUT2D eigenvalue weighted by Gasteiger charge is -2.48. The third-order valence-electron chi connectivity index (χ3n) is 4.14. The molecule has 2 atom stereocenters. The van der Waals surface area contributed by atoms with Crippen LogP contribution in [-0.4, -0.2) is 10.9 Å². The van der Waals surface area contributed by atoms with Crippen molar-refractivity contribution >= 4 is 15.9 Å². The molecule has 0 N–H and O–H groups in total. The Kier molecular flexibility index (Phi) is 3.94. The van der Waals surface area contributed by atoms with Crippen LogP contribution in [-0.2, 0) is 0 Å². The van der Waals surface area contributed by atoms with Crippen molar-refractivity contribution in [3.63, 3.8) is 0 Å². The molecule has 0 spiro atoms. The van der Waals surface area contributed by atoms with Crippen LogP contribution in [0, 0.1) is 5.41 Å². The fourth-order valence-corrected chi connectivity index (χ4v) is 3.05. The van der Waals surface area contributed by atoms with Crippen LogP contribution >= 0.6 is 15.9 Å². The van der Waals surface area contributed by atoms with E-state index in [9.17, 15) is 0 Å². The van der Waals surface area contributed by atoms with Gasteiger partial charge in [0.15, 0.2) is 0 Å². The Balaban J connectivity index is 1.62. The lowest BCUT2D eigenvalue weighted by Crippen LogP contribution is -2.53. The Morgan fingerprint density at radius 2 is 1.48 bits per heavy atom. The van der Waals surface area contributed by atoms with Gasteiger partial charge in [0.25, 0.3) is 0 Å². The summed E-state index contributed by atoms with van der Waals surface area (Å²) >= 11 is 3.68. The maximum absolute atomic E-state index is 6.06. The van der Waals surface area contributed by atoms with Gasteiger partial charge in [0.1, 0.15) is 23.4 Å². The molecule has 110 valence electrons. The molecule has 0 saturated heterocycles. The maximum atomic E-state index is 6.06. The van der Waals surface area contributed by atoms with Gasteiger partial charge < -0.3 is 9.47 Å². The molecule has 1 fully saturated rings. The molecule has 1 saturated carbocycles. The molecule has 0 bridgehead atoms. The number of hydrogen-bond donors (Lipinski definition) is 0. The van der Waals surface area contributed by atoms with Crippen molar-refractivity contribution in [1.82, 2.24) is 0 Å². The fourth-order valence-electron chi connectivity index (χ4n) is 2.41. The summed E-state index contributed by atoms with van der Waals surface area (Å²) in [7, 11) is 0. The minimum atomic E-state index is 0.180. The predicted octanol–water partition coefficient (Wildman–Crippen LogP) is 5.42. The van der Waals surface area contributed by atoms with Gasteiger partial charge in [-0.25, -0.2) is 0 Å². The summed E-state index contributed by atoms with van der Waals surface area (Å²) in [6.07, 6.45) is 1.32. The van der Waals surface area contributed by atoms with Crippen LogP contribution in [0.4, 0.5) is 0 Å². The van der Waals surface area contributed by atoms with Gasteiger partial charge in [0.05, 0.1) is 0 Å². The molecule has 3 rings (SSSR count). The van der Waals surface area contributed by atoms with E-state index in [1.807, 2.05) is 54.6 Å². The fraction of sp³-hybridized carbons (Fsp3) is 0.333. The minimum absolute atomic E-state index is 0.180. The Hall–Kier alpha value is -1.48. The highest BCUT2D eigenvalue weighted by Crippen LogP contribution is 2.47. The van der Waals surface area contributed by atoms with Crippen LogP contribution in [0.2, 0.25) is 0 Å². The Morgan fingerprint density at radius 1 is 0.905 bits per heavy atom. The minimum Gasteiger partial charge on any atom is -0.490 e. The van der Waals surface area contributed by atoms with E-state index in [0.717, 1.165) is 23.7 Å². The van der Waals surface area contributed by atoms with Crippen LogP contribution < -0.4 is 9.47 Å². The zero-order valence-corrected chi connectivity index (χ0v) is 13.8. The molecule has 0 aromatic heterocycles. The third kappa shape index (κ3) is 3.08. The van der Waals surface area contributed by atoms with E-state index in [-0.39, 0.29) is 11.5 Å². The molecule has 0 amide bonds. The van der Waals surface area contributed by atoms with Crippen molar-refractivity contribution in [3.05, 3.63) is 54.6 Å². The Morgan fingerprint density at radius 3 is 2.05 bits per heavy atom. The van der Waals surface area contributed by atoms with Crippen LogP contribution in [0.3, 0.4) is 0 Å². The smallest absolute Gasteiger partial charge is 0.127 e. The number of ether oxygens (including phenoxy) is 2. The second kappa shape index (κ2) is 5.72. The first-order chi connectivity index (χ1) is 10.1. The lowest BCUT2D eigenvalue weighted by molar-refractivity contribution is -0.00781. The van der Waals surface area contributed by atoms with E-state index in [1.54, 1.807) is 0 Å². The average molecular weight is 347 g/mol. The molecule has 3 heteroatoms. The van der Waals surface area contributed by atoms with E-state index in [2.05, 4.69) is 29.8 Å². The van der Waals surface area contributed by atoms with Crippen molar-refractivity contribution in [3.8, 4) is 17.2 Å². The van der Waals surface area contributed by atoms with Crippen LogP contribution in [0.25, 0.3) is 0 Å². The summed E-state index contributed by atoms with van der Waals surface area (Å²) in [6.45, 7) is 4.46. The first-order valence-corrected chi connectivity index (χ1v) is 8.11. The molecule has 2 nitrogen and oxygen atoms in total. The van der Waals surface area contributed by atoms with Gasteiger partial charge in [-0.2, -0.15) is 0 Å². The van der Waals surface area contributed by atoms with Gasteiger partial charge in [-0.3, -0.25) is 0 Å². The molecule has 1 aliphatic carbocycles. The SMILES string of the molecule is CC1(C)C(Br)CC1Oc1ccc(Oc2ccccc2)cc1. The lowest BCUT2D eigenvalue weighted by atomic mass is 9.69. The molecule has 0 aliphatic heterocycles. The highest BCUT2D eigenvalue weighted by Gasteiger charge is 2.48. The zero-order chi connectivity index (χ0) is 14.9. The molecule has 2 aromatic rings. The summed E-state index contributed by atoms with van der Waals surface area (Å²) in [5, 5.41) is 0. The molecule has 0 heterocycles. The average Bonchev–Trinajstić information content (AvgIpc) is 2.50. The molecular formula is C18H19BrO2. The monoisotopic (exact) mass is 346 g/mol. The van der Waals surface area contributed by atoms with Gasteiger partial charge in [0.2, 0.25) is 0 Å². The molecule has 2 aromatic carbocycles. The van der Waals surface area contributed by atoms with Crippen molar-refractivity contribution in [2.75, 3.05) is 0 Å². The number of benzene rings is 2. The molecule has 2 unspecified atom stereocenters. The first kappa shape index (κ1) is 14.5. The van der Waals surface area contributed by atoms with Crippen LogP contribution in [0.5, 0.6) is 17.2 Å². The summed E-state index contributed by atoms with van der Waals surface area (Å²) in [5.74, 6) is 2.56. The largest absolute Gasteiger partial charge is 0.490 e. The number of halogens is 1. The molecule has 21 heavy (non-hydrogen) atoms. The number of hydrogen-bond acceptors (Lipinski definition) is 2. The van der Waals surface area contributed by atoms with Gasteiger partial charge in [0, 0.05) is 10.2 Å². The predicted molar refractivity (Wildman–Crippen MR) is 88.5 cm³/mol. The van der Waals surface area contributed by atoms with E-state index in [1.165, 1.54) is 0 Å². The van der Waals surface area contributed by atoms with E-state index >= 15 is 0 Å². The standard InChI is InChI=1S/C18H19BrO2/c1-18(2)16(19)12-17(18)21-15-10-8-14(9-11-15)20-13-6-4-3-5-7-13/h3-11,16-17H,12H2,1-2H3. The van der Waals surface area contributed by atoms with E-state index in [0.29, 0.717) is 4.83 Å². The Bertz CT molecular complexity index is 592. The normalized spacial score (nSPS) is 23.2. The van der Waals surface area contributed by atoms with Crippen molar-refractivity contribution in [2.45, 2.75) is 31.2 Å². The van der Waals surface area contributed by atoms with Crippen molar-refractivity contribution < 1.29 is 9.47 Å². The number of para-hydroxylation sites is 1. The summed E-state index contributed by atoms with van der Waals surface area (Å²) in [5.41, 5.74) is 0.180. The third-order valence-corrected chi connectivity index (χ3v) is 5.69. The van der Waals surface area contributed by atoms with Gasteiger partial charge in [-0.05, 0) is 42.8 Å². The second-order valence-corrected chi connectivity index (χ2v) is 7.12. The molecular weight excluding hydrogens is 328 g/mol. The van der Waals surface area contributed by atoms with Gasteiger partial charge in [-0.15, -0.1) is 0 Å². The van der Waals surface area contributed by atoms with E-state index < -0.39 is 0 Å². The summed E-state index contributed by atoms with van der Waals surface area (Å²) in [6, 6.07) is 17.6. The highest BCUT2D eigenvalue weighted by molar-refractivity contribution is 9.09. The van der Waals surface area contributed by atoms with E-state index in [4.69, 9.17) is 9.47 Å². The van der Waals surface area contributed by atoms with Crippen molar-refractivity contribution in [2.24, 2.45) is 5.41 Å². The van der Waals surface area contributed by atoms with Gasteiger partial charge in [-0.1, -0.05) is 48.0 Å². The Labute approximate surface area is 134 Å².